The van der Waals surface area contributed by atoms with Crippen molar-refractivity contribution < 1.29 is 9.53 Å². The number of carbonyl (C=O) groups excluding carboxylic acids is 1. The molecule has 0 aliphatic carbocycles. The van der Waals surface area contributed by atoms with Crippen LogP contribution in [0.5, 0.6) is 5.75 Å². The summed E-state index contributed by atoms with van der Waals surface area (Å²) < 4.78 is 5.22. The number of aromatic nitrogens is 1. The molecule has 4 heteroatoms. The third-order valence-corrected chi connectivity index (χ3v) is 4.45. The van der Waals surface area contributed by atoms with Gasteiger partial charge in [-0.2, -0.15) is 0 Å². The normalized spacial score (nSPS) is 13.7. The summed E-state index contributed by atoms with van der Waals surface area (Å²) in [7, 11) is 1.64. The molecule has 0 saturated carbocycles. The number of hydrogen-bond donors (Lipinski definition) is 2. The zero-order valence-electron chi connectivity index (χ0n) is 13.3. The van der Waals surface area contributed by atoms with Crippen LogP contribution in [0.15, 0.2) is 54.7 Å². The number of carbonyl (C=O) groups is 1. The van der Waals surface area contributed by atoms with Gasteiger partial charge in [0, 0.05) is 23.5 Å². The van der Waals surface area contributed by atoms with E-state index in [9.17, 15) is 4.79 Å². The van der Waals surface area contributed by atoms with E-state index in [0.29, 0.717) is 0 Å². The first-order valence-electron chi connectivity index (χ1n) is 7.53. The lowest BCUT2D eigenvalue weighted by molar-refractivity contribution is -0.118. The minimum Gasteiger partial charge on any atom is -0.497 e. The second-order valence-electron chi connectivity index (χ2n) is 5.98. The summed E-state index contributed by atoms with van der Waals surface area (Å²) in [6.07, 6.45) is 2.15. The van der Waals surface area contributed by atoms with Gasteiger partial charge in [-0.05, 0) is 40.8 Å². The van der Waals surface area contributed by atoms with Crippen molar-refractivity contribution in [1.29, 1.82) is 0 Å². The molecule has 4 nitrogen and oxygen atoms in total. The quantitative estimate of drug-likeness (QED) is 0.759. The number of nitrogens with one attached hydrogen (secondary N) is 1. The Kier molecular flexibility index (Phi) is 3.82. The van der Waals surface area contributed by atoms with Crippen LogP contribution in [-0.2, 0) is 10.2 Å². The highest BCUT2D eigenvalue weighted by molar-refractivity contribution is 5.81. The summed E-state index contributed by atoms with van der Waals surface area (Å²) >= 11 is 0. The van der Waals surface area contributed by atoms with Gasteiger partial charge in [-0.1, -0.05) is 31.2 Å². The van der Waals surface area contributed by atoms with Crippen molar-refractivity contribution in [3.8, 4) is 5.75 Å². The third-order valence-electron chi connectivity index (χ3n) is 4.45. The smallest absolute Gasteiger partial charge is 0.218 e. The molecule has 1 unspecified atom stereocenters. The highest BCUT2D eigenvalue weighted by Gasteiger charge is 2.31. The maximum atomic E-state index is 11.7. The van der Waals surface area contributed by atoms with Gasteiger partial charge in [-0.3, -0.25) is 4.79 Å². The van der Waals surface area contributed by atoms with Crippen LogP contribution < -0.4 is 10.5 Å². The molecule has 0 aliphatic rings. The Labute approximate surface area is 135 Å². The molecule has 1 aromatic heterocycles. The van der Waals surface area contributed by atoms with Gasteiger partial charge in [0.15, 0.2) is 0 Å². The van der Waals surface area contributed by atoms with Gasteiger partial charge in [-0.15, -0.1) is 0 Å². The van der Waals surface area contributed by atoms with Crippen molar-refractivity contribution in [3.05, 3.63) is 65.9 Å². The fourth-order valence-corrected chi connectivity index (χ4v) is 3.07. The number of primary amides is 1. The number of aromatic amines is 1. The number of nitrogens with two attached hydrogens (primary N) is 1. The molecule has 0 saturated heterocycles. The van der Waals surface area contributed by atoms with E-state index in [0.717, 1.165) is 27.8 Å². The molecule has 1 atom stereocenters. The van der Waals surface area contributed by atoms with Crippen LogP contribution in [0, 0.1) is 0 Å². The van der Waals surface area contributed by atoms with E-state index in [-0.39, 0.29) is 12.3 Å². The standard InChI is InChI=1S/C19H20N2O2/c1-19(12-18(20)22,14-5-7-16(23-2)8-6-14)15-4-3-13-9-10-21-17(13)11-15/h3-11,21H,12H2,1-2H3,(H2,20,22). The van der Waals surface area contributed by atoms with E-state index in [4.69, 9.17) is 10.5 Å². The zero-order valence-corrected chi connectivity index (χ0v) is 13.3. The van der Waals surface area contributed by atoms with Gasteiger partial charge in [0.1, 0.15) is 5.75 Å². The Morgan fingerprint density at radius 2 is 1.83 bits per heavy atom. The predicted octanol–water partition coefficient (Wildman–Crippen LogP) is 3.36. The maximum Gasteiger partial charge on any atom is 0.218 e. The minimum atomic E-state index is -0.489. The molecule has 23 heavy (non-hydrogen) atoms. The number of rotatable bonds is 5. The van der Waals surface area contributed by atoms with Crippen LogP contribution in [0.4, 0.5) is 0 Å². The molecule has 2 aromatic carbocycles. The van der Waals surface area contributed by atoms with E-state index >= 15 is 0 Å². The summed E-state index contributed by atoms with van der Waals surface area (Å²) in [4.78, 5) is 14.9. The summed E-state index contributed by atoms with van der Waals surface area (Å²) in [5.41, 5.74) is 8.17. The van der Waals surface area contributed by atoms with Crippen molar-refractivity contribution in [3.63, 3.8) is 0 Å². The Hall–Kier alpha value is -2.75. The van der Waals surface area contributed by atoms with E-state index in [2.05, 4.69) is 23.2 Å². The zero-order chi connectivity index (χ0) is 16.4. The second kappa shape index (κ2) is 5.80. The molecule has 118 valence electrons. The van der Waals surface area contributed by atoms with Crippen molar-refractivity contribution in [2.75, 3.05) is 7.11 Å². The van der Waals surface area contributed by atoms with Crippen molar-refractivity contribution >= 4 is 16.8 Å². The van der Waals surface area contributed by atoms with Gasteiger partial charge in [-0.25, -0.2) is 0 Å². The van der Waals surface area contributed by atoms with Gasteiger partial charge in [0.2, 0.25) is 5.91 Å². The van der Waals surface area contributed by atoms with Crippen LogP contribution in [-0.4, -0.2) is 18.0 Å². The molecule has 3 aromatic rings. The van der Waals surface area contributed by atoms with Crippen LogP contribution in [0.25, 0.3) is 10.9 Å². The van der Waals surface area contributed by atoms with Gasteiger partial charge < -0.3 is 15.5 Å². The monoisotopic (exact) mass is 308 g/mol. The van der Waals surface area contributed by atoms with Crippen LogP contribution in [0.3, 0.4) is 0 Å². The molecule has 0 spiro atoms. The van der Waals surface area contributed by atoms with Crippen LogP contribution in [0.2, 0.25) is 0 Å². The number of methoxy groups -OCH3 is 1. The first-order chi connectivity index (χ1) is 11.0. The molecule has 0 radical (unpaired) electrons. The Balaban J connectivity index is 2.12. The number of benzene rings is 2. The SMILES string of the molecule is COc1ccc(C(C)(CC(N)=O)c2ccc3cc[nH]c3c2)cc1. The summed E-state index contributed by atoms with van der Waals surface area (Å²) in [6.45, 7) is 2.05. The molecule has 1 amide bonds. The second-order valence-corrected chi connectivity index (χ2v) is 5.98. The Morgan fingerprint density at radius 1 is 1.13 bits per heavy atom. The fourth-order valence-electron chi connectivity index (χ4n) is 3.07. The van der Waals surface area contributed by atoms with E-state index < -0.39 is 5.41 Å². The molecule has 0 bridgehead atoms. The molecule has 0 aliphatic heterocycles. The number of ether oxygens (including phenoxy) is 1. The molecule has 3 rings (SSSR count). The molecule has 0 fully saturated rings. The fraction of sp³-hybridized carbons (Fsp3) is 0.211. The van der Waals surface area contributed by atoms with Gasteiger partial charge >= 0.3 is 0 Å². The number of fused-ring (bicyclic) bond motifs is 1. The lowest BCUT2D eigenvalue weighted by Gasteiger charge is -2.30. The number of hydrogen-bond acceptors (Lipinski definition) is 2. The van der Waals surface area contributed by atoms with E-state index in [1.807, 2.05) is 43.5 Å². The average molecular weight is 308 g/mol. The topological polar surface area (TPSA) is 68.1 Å². The first kappa shape index (κ1) is 15.2. The van der Waals surface area contributed by atoms with Crippen molar-refractivity contribution in [2.45, 2.75) is 18.8 Å². The Morgan fingerprint density at radius 3 is 2.48 bits per heavy atom. The predicted molar refractivity (Wildman–Crippen MR) is 91.6 cm³/mol. The molecule has 1 heterocycles. The largest absolute Gasteiger partial charge is 0.497 e. The van der Waals surface area contributed by atoms with Crippen LogP contribution >= 0.6 is 0 Å². The average Bonchev–Trinajstić information content (AvgIpc) is 3.01. The van der Waals surface area contributed by atoms with Crippen LogP contribution in [0.1, 0.15) is 24.5 Å². The van der Waals surface area contributed by atoms with Gasteiger partial charge in [0.25, 0.3) is 0 Å². The van der Waals surface area contributed by atoms with Gasteiger partial charge in [0.05, 0.1) is 7.11 Å². The Bertz CT molecular complexity index is 836. The minimum absolute atomic E-state index is 0.242. The third kappa shape index (κ3) is 2.80. The summed E-state index contributed by atoms with van der Waals surface area (Å²) in [6, 6.07) is 16.0. The maximum absolute atomic E-state index is 11.7. The van der Waals surface area contributed by atoms with Crippen molar-refractivity contribution in [1.82, 2.24) is 4.98 Å². The molecular weight excluding hydrogens is 288 g/mol. The summed E-state index contributed by atoms with van der Waals surface area (Å²) in [5.74, 6) is 0.463. The molecular formula is C19H20N2O2. The lowest BCUT2D eigenvalue weighted by Crippen LogP contribution is -2.30. The molecule has 3 N–H and O–H groups in total. The lowest BCUT2D eigenvalue weighted by atomic mass is 9.73. The first-order valence-corrected chi connectivity index (χ1v) is 7.53. The summed E-state index contributed by atoms with van der Waals surface area (Å²) in [5, 5.41) is 1.14. The van der Waals surface area contributed by atoms with Crippen molar-refractivity contribution in [2.24, 2.45) is 5.73 Å². The highest BCUT2D eigenvalue weighted by Crippen LogP contribution is 2.37. The van der Waals surface area contributed by atoms with E-state index in [1.54, 1.807) is 7.11 Å². The number of amides is 1. The number of H-pyrrole nitrogens is 1. The van der Waals surface area contributed by atoms with E-state index in [1.165, 1.54) is 0 Å². The highest BCUT2D eigenvalue weighted by atomic mass is 16.5.